The number of amides is 2. The van der Waals surface area contributed by atoms with Crippen LogP contribution in [0.15, 0.2) is 0 Å². The van der Waals surface area contributed by atoms with Gasteiger partial charge in [0.15, 0.2) is 0 Å². The summed E-state index contributed by atoms with van der Waals surface area (Å²) in [6, 6.07) is -0.203. The minimum atomic E-state index is -3.37. The Kier molecular flexibility index (Phi) is 15.0. The molecule has 1 saturated heterocycles. The highest BCUT2D eigenvalue weighted by atomic mass is 35.5. The van der Waals surface area contributed by atoms with Gasteiger partial charge in [-0.25, -0.2) is 17.9 Å². The summed E-state index contributed by atoms with van der Waals surface area (Å²) in [6.07, 6.45) is 5.19. The number of ether oxygens (including phenoxy) is 3. The van der Waals surface area contributed by atoms with Gasteiger partial charge in [-0.3, -0.25) is 0 Å². The molecule has 3 fully saturated rings. The molecule has 1 heterocycles. The van der Waals surface area contributed by atoms with Crippen LogP contribution < -0.4 is 15.4 Å². The van der Waals surface area contributed by atoms with E-state index in [9.17, 15) is 13.2 Å². The lowest BCUT2D eigenvalue weighted by atomic mass is 9.63. The number of hydrogen-bond donors (Lipinski definition) is 3. The summed E-state index contributed by atoms with van der Waals surface area (Å²) in [5, 5.41) is 5.27. The van der Waals surface area contributed by atoms with E-state index in [1.54, 1.807) is 0 Å². The Bertz CT molecular complexity index is 849. The van der Waals surface area contributed by atoms with Gasteiger partial charge in [-0.2, -0.15) is 0 Å². The molecule has 13 heteroatoms. The number of likely N-dealkylation sites (tertiary alicyclic amines) is 1. The Labute approximate surface area is 250 Å². The normalized spacial score (nSPS) is 31.4. The van der Waals surface area contributed by atoms with E-state index in [0.29, 0.717) is 89.2 Å². The first-order valence-corrected chi connectivity index (χ1v) is 17.3. The summed E-state index contributed by atoms with van der Waals surface area (Å²) in [5.74, 6) is 2.10. The van der Waals surface area contributed by atoms with Crippen LogP contribution >= 0.6 is 23.2 Å². The molecule has 2 amide bonds. The highest BCUT2D eigenvalue weighted by Gasteiger charge is 2.47. The lowest BCUT2D eigenvalue weighted by molar-refractivity contribution is 0.0108. The maximum Gasteiger partial charge on any atom is 0.314 e. The molecule has 0 spiro atoms. The van der Waals surface area contributed by atoms with E-state index in [2.05, 4.69) is 27.3 Å². The topological polar surface area (TPSA) is 118 Å². The molecule has 10 nitrogen and oxygen atoms in total. The van der Waals surface area contributed by atoms with Crippen molar-refractivity contribution in [3.05, 3.63) is 0 Å². The molecule has 1 aliphatic heterocycles. The average Bonchev–Trinajstić information content (AvgIpc) is 2.91. The quantitative estimate of drug-likeness (QED) is 0.178. The van der Waals surface area contributed by atoms with Crippen LogP contribution in [-0.2, 0) is 24.2 Å². The second kappa shape index (κ2) is 17.7. The SMILES string of the molecule is CCNC(=O)NCCOCCOCCOCCNS(=O)(=O)C1CCC([C@@H]2CN(C)CC3C(Cl)CC(Cl)CC32)CC1. The number of hydrogen-bond acceptors (Lipinski definition) is 7. The van der Waals surface area contributed by atoms with Gasteiger partial charge in [-0.15, -0.1) is 23.2 Å². The molecule has 5 atom stereocenters. The molecule has 40 heavy (non-hydrogen) atoms. The molecule has 2 aliphatic carbocycles. The highest BCUT2D eigenvalue weighted by molar-refractivity contribution is 7.90. The number of urea groups is 1. The second-order valence-corrected chi connectivity index (χ2v) is 14.6. The maximum atomic E-state index is 12.9. The van der Waals surface area contributed by atoms with Crippen molar-refractivity contribution >= 4 is 39.3 Å². The van der Waals surface area contributed by atoms with Gasteiger partial charge in [0, 0.05) is 43.5 Å². The standard InChI is InChI=1S/C27H50Cl2N4O6S/c1-3-30-27(34)31-8-10-37-12-14-39-15-13-38-11-9-32-40(35,36)22-6-4-20(5-7-22)24-18-33(2)19-25-23(24)16-21(28)17-26(25)29/h20-26,32H,3-19H2,1-2H3,(H2,30,31,34)/t20?,21?,22?,23?,24-,25?,26?/m0/s1. The van der Waals surface area contributed by atoms with E-state index >= 15 is 0 Å². The predicted molar refractivity (Wildman–Crippen MR) is 159 cm³/mol. The van der Waals surface area contributed by atoms with Gasteiger partial charge < -0.3 is 29.7 Å². The molecule has 0 bridgehead atoms. The monoisotopic (exact) mass is 628 g/mol. The van der Waals surface area contributed by atoms with Gasteiger partial charge in [0.05, 0.1) is 44.9 Å². The number of alkyl halides is 2. The van der Waals surface area contributed by atoms with Crippen molar-refractivity contribution < 1.29 is 27.4 Å². The van der Waals surface area contributed by atoms with E-state index in [0.717, 1.165) is 38.8 Å². The summed E-state index contributed by atoms with van der Waals surface area (Å²) in [4.78, 5) is 13.6. The van der Waals surface area contributed by atoms with Crippen molar-refractivity contribution in [1.82, 2.24) is 20.3 Å². The van der Waals surface area contributed by atoms with Gasteiger partial charge in [-0.1, -0.05) is 0 Å². The van der Waals surface area contributed by atoms with E-state index in [1.165, 1.54) is 0 Å². The molecule has 3 rings (SSSR count). The molecule has 0 radical (unpaired) electrons. The number of nitrogens with zero attached hydrogens (tertiary/aromatic N) is 1. The second-order valence-electron chi connectivity index (χ2n) is 11.4. The van der Waals surface area contributed by atoms with E-state index in [-0.39, 0.29) is 28.6 Å². The fourth-order valence-electron chi connectivity index (χ4n) is 6.63. The summed E-state index contributed by atoms with van der Waals surface area (Å²) < 4.78 is 44.9. The van der Waals surface area contributed by atoms with Crippen LogP contribution in [0, 0.1) is 23.7 Å². The molecule has 0 aromatic heterocycles. The van der Waals surface area contributed by atoms with Gasteiger partial charge in [0.1, 0.15) is 0 Å². The highest BCUT2D eigenvalue weighted by Crippen LogP contribution is 2.48. The first-order valence-electron chi connectivity index (χ1n) is 14.9. The third-order valence-corrected chi connectivity index (χ3v) is 11.4. The smallest absolute Gasteiger partial charge is 0.314 e. The van der Waals surface area contributed by atoms with Crippen LogP contribution in [0.4, 0.5) is 4.79 Å². The average molecular weight is 630 g/mol. The van der Waals surface area contributed by atoms with Gasteiger partial charge in [0.25, 0.3) is 0 Å². The molecular weight excluding hydrogens is 579 g/mol. The van der Waals surface area contributed by atoms with Crippen LogP contribution in [-0.4, -0.2) is 115 Å². The first-order chi connectivity index (χ1) is 19.2. The molecule has 4 unspecified atom stereocenters. The zero-order valence-corrected chi connectivity index (χ0v) is 26.5. The van der Waals surface area contributed by atoms with Crippen molar-refractivity contribution in [1.29, 1.82) is 0 Å². The molecule has 3 N–H and O–H groups in total. The Morgan fingerprint density at radius 2 is 1.43 bits per heavy atom. The largest absolute Gasteiger partial charge is 0.378 e. The number of carbonyl (C=O) groups excluding carboxylic acids is 1. The minimum absolute atomic E-state index is 0.134. The van der Waals surface area contributed by atoms with E-state index in [4.69, 9.17) is 37.4 Å². The third kappa shape index (κ3) is 11.0. The number of halogens is 2. The van der Waals surface area contributed by atoms with Gasteiger partial charge >= 0.3 is 6.03 Å². The van der Waals surface area contributed by atoms with E-state index < -0.39 is 10.0 Å². The number of fused-ring (bicyclic) bond motifs is 1. The molecule has 2 saturated carbocycles. The number of piperidine rings is 1. The van der Waals surface area contributed by atoms with Crippen LogP contribution in [0.1, 0.15) is 45.4 Å². The van der Waals surface area contributed by atoms with Gasteiger partial charge in [0.2, 0.25) is 10.0 Å². The molecule has 0 aromatic carbocycles. The van der Waals surface area contributed by atoms with Gasteiger partial charge in [-0.05, 0) is 76.2 Å². The summed E-state index contributed by atoms with van der Waals surface area (Å²) in [6.45, 7) is 7.60. The van der Waals surface area contributed by atoms with Crippen LogP contribution in [0.5, 0.6) is 0 Å². The Balaban J connectivity index is 1.23. The number of carbonyl (C=O) groups is 1. The maximum absolute atomic E-state index is 12.9. The molecule has 0 aromatic rings. The van der Waals surface area contributed by atoms with Crippen LogP contribution in [0.2, 0.25) is 0 Å². The zero-order chi connectivity index (χ0) is 29.0. The summed E-state index contributed by atoms with van der Waals surface area (Å²) in [7, 11) is -1.19. The van der Waals surface area contributed by atoms with Crippen molar-refractivity contribution in [3.63, 3.8) is 0 Å². The van der Waals surface area contributed by atoms with Crippen LogP contribution in [0.3, 0.4) is 0 Å². The zero-order valence-electron chi connectivity index (χ0n) is 24.1. The van der Waals surface area contributed by atoms with Crippen molar-refractivity contribution in [2.45, 2.75) is 61.5 Å². The fraction of sp³-hybridized carbons (Fsp3) is 0.963. The fourth-order valence-corrected chi connectivity index (χ4v) is 9.09. The van der Waals surface area contributed by atoms with Crippen molar-refractivity contribution in [2.75, 3.05) is 79.4 Å². The Morgan fingerprint density at radius 1 is 0.825 bits per heavy atom. The number of nitrogens with one attached hydrogen (secondary N) is 3. The summed E-state index contributed by atoms with van der Waals surface area (Å²) in [5.41, 5.74) is 0. The first kappa shape index (κ1) is 34.1. The summed E-state index contributed by atoms with van der Waals surface area (Å²) >= 11 is 13.3. The molecule has 234 valence electrons. The Hall–Kier alpha value is -0.400. The lowest BCUT2D eigenvalue weighted by Crippen LogP contribution is -2.53. The minimum Gasteiger partial charge on any atom is -0.378 e. The van der Waals surface area contributed by atoms with Crippen LogP contribution in [0.25, 0.3) is 0 Å². The predicted octanol–water partition coefficient (Wildman–Crippen LogP) is 2.64. The van der Waals surface area contributed by atoms with E-state index in [1.807, 2.05) is 6.92 Å². The molecular formula is C27H50Cl2N4O6S. The Morgan fingerprint density at radius 3 is 2.08 bits per heavy atom. The lowest BCUT2D eigenvalue weighted by Gasteiger charge is -2.51. The third-order valence-electron chi connectivity index (χ3n) is 8.54. The van der Waals surface area contributed by atoms with Crippen molar-refractivity contribution in [3.8, 4) is 0 Å². The number of rotatable bonds is 16. The molecule has 3 aliphatic rings. The number of sulfonamides is 1. The van der Waals surface area contributed by atoms with Crippen molar-refractivity contribution in [2.24, 2.45) is 23.7 Å².